The van der Waals surface area contributed by atoms with Gasteiger partial charge in [0.05, 0.1) is 10.2 Å². The molecule has 5 heteroatoms. The van der Waals surface area contributed by atoms with Crippen molar-refractivity contribution in [3.63, 3.8) is 0 Å². The van der Waals surface area contributed by atoms with Crippen molar-refractivity contribution in [2.45, 2.75) is 6.61 Å². The molecule has 92 valence electrons. The first-order valence-corrected chi connectivity index (χ1v) is 6.49. The second-order valence-electron chi connectivity index (χ2n) is 3.91. The number of nitrogens with zero attached hydrogens (tertiary/aromatic N) is 3. The van der Waals surface area contributed by atoms with Gasteiger partial charge in [-0.1, -0.05) is 6.07 Å². The molecule has 0 amide bonds. The van der Waals surface area contributed by atoms with Gasteiger partial charge in [-0.05, 0) is 24.3 Å². The molecule has 2 heterocycles. The van der Waals surface area contributed by atoms with E-state index in [0.29, 0.717) is 11.6 Å². The van der Waals surface area contributed by atoms with E-state index in [1.807, 2.05) is 30.3 Å². The lowest BCUT2D eigenvalue weighted by Crippen LogP contribution is -1.95. The van der Waals surface area contributed by atoms with Crippen molar-refractivity contribution in [1.29, 1.82) is 5.26 Å². The summed E-state index contributed by atoms with van der Waals surface area (Å²) in [4.78, 5) is 8.22. The topological polar surface area (TPSA) is 58.8 Å². The van der Waals surface area contributed by atoms with Crippen molar-refractivity contribution >= 4 is 21.6 Å². The maximum atomic E-state index is 8.82. The number of aromatic nitrogens is 2. The number of fused-ring (bicyclic) bond motifs is 1. The van der Waals surface area contributed by atoms with Crippen LogP contribution in [0, 0.1) is 11.3 Å². The highest BCUT2D eigenvalue weighted by Gasteiger charge is 2.04. The third-order valence-electron chi connectivity index (χ3n) is 2.58. The predicted molar refractivity (Wildman–Crippen MR) is 72.9 cm³/mol. The van der Waals surface area contributed by atoms with Crippen molar-refractivity contribution in [3.05, 3.63) is 53.3 Å². The van der Waals surface area contributed by atoms with Gasteiger partial charge in [-0.3, -0.25) is 4.98 Å². The van der Waals surface area contributed by atoms with Crippen LogP contribution in [0.4, 0.5) is 0 Å². The van der Waals surface area contributed by atoms with Crippen LogP contribution in [0.15, 0.2) is 42.7 Å². The van der Waals surface area contributed by atoms with Gasteiger partial charge in [0.2, 0.25) is 0 Å². The van der Waals surface area contributed by atoms with E-state index in [-0.39, 0.29) is 0 Å². The second kappa shape index (κ2) is 5.04. The van der Waals surface area contributed by atoms with E-state index in [4.69, 9.17) is 10.00 Å². The molecule has 0 aliphatic carbocycles. The number of thiazole rings is 1. The van der Waals surface area contributed by atoms with Crippen molar-refractivity contribution in [3.8, 4) is 11.8 Å². The lowest BCUT2D eigenvalue weighted by Gasteiger charge is -2.05. The average molecular weight is 267 g/mol. The molecule has 1 aromatic carbocycles. The van der Waals surface area contributed by atoms with E-state index in [1.165, 1.54) is 11.3 Å². The number of nitriles is 1. The maximum absolute atomic E-state index is 8.82. The minimum absolute atomic E-state index is 0.472. The Balaban J connectivity index is 1.80. The van der Waals surface area contributed by atoms with Crippen LogP contribution in [0.2, 0.25) is 0 Å². The third-order valence-corrected chi connectivity index (χ3v) is 3.51. The van der Waals surface area contributed by atoms with Gasteiger partial charge in [-0.25, -0.2) is 4.98 Å². The van der Waals surface area contributed by atoms with Crippen molar-refractivity contribution < 1.29 is 4.74 Å². The molecule has 0 N–H and O–H groups in total. The molecule has 0 fully saturated rings. The molecule has 0 aliphatic rings. The summed E-state index contributed by atoms with van der Waals surface area (Å²) in [5.74, 6) is 0.768. The van der Waals surface area contributed by atoms with Crippen LogP contribution in [0.25, 0.3) is 10.2 Å². The van der Waals surface area contributed by atoms with Gasteiger partial charge in [0, 0.05) is 18.0 Å². The fourth-order valence-corrected chi connectivity index (χ4v) is 2.48. The highest BCUT2D eigenvalue weighted by atomic mass is 32.1. The predicted octanol–water partition coefficient (Wildman–Crippen LogP) is 3.14. The highest BCUT2D eigenvalue weighted by Crippen LogP contribution is 2.26. The van der Waals surface area contributed by atoms with E-state index >= 15 is 0 Å². The van der Waals surface area contributed by atoms with Gasteiger partial charge in [0.1, 0.15) is 18.4 Å². The fraction of sp³-hybridized carbons (Fsp3) is 0.0714. The molecule has 3 rings (SSSR count). The number of pyridine rings is 1. The van der Waals surface area contributed by atoms with Gasteiger partial charge in [-0.2, -0.15) is 5.26 Å². The Morgan fingerprint density at radius 3 is 3.05 bits per heavy atom. The minimum atomic E-state index is 0.472. The Morgan fingerprint density at radius 1 is 1.32 bits per heavy atom. The Labute approximate surface area is 113 Å². The lowest BCUT2D eigenvalue weighted by atomic mass is 10.3. The largest absolute Gasteiger partial charge is 0.489 e. The van der Waals surface area contributed by atoms with Crippen molar-refractivity contribution in [1.82, 2.24) is 9.97 Å². The number of ether oxygens (including phenoxy) is 1. The van der Waals surface area contributed by atoms with Crippen molar-refractivity contribution in [2.24, 2.45) is 0 Å². The summed E-state index contributed by atoms with van der Waals surface area (Å²) in [5, 5.41) is 9.29. The molecular formula is C14H9N3OS. The lowest BCUT2D eigenvalue weighted by molar-refractivity contribution is 0.306. The Bertz CT molecular complexity index is 746. The zero-order chi connectivity index (χ0) is 13.1. The summed E-state index contributed by atoms with van der Waals surface area (Å²) in [6, 6.07) is 11.5. The fourth-order valence-electron chi connectivity index (χ4n) is 1.69. The minimum Gasteiger partial charge on any atom is -0.489 e. The average Bonchev–Trinajstić information content (AvgIpc) is 2.88. The standard InChI is InChI=1S/C14H9N3OS/c15-7-14-17-12-4-3-11(6-13(12)19-14)18-9-10-2-1-5-16-8-10/h1-6,8H,9H2. The van der Waals surface area contributed by atoms with Gasteiger partial charge >= 0.3 is 0 Å². The van der Waals surface area contributed by atoms with E-state index in [1.54, 1.807) is 12.4 Å². The molecule has 3 aromatic rings. The Morgan fingerprint density at radius 2 is 2.26 bits per heavy atom. The first-order chi connectivity index (χ1) is 9.35. The highest BCUT2D eigenvalue weighted by molar-refractivity contribution is 7.19. The quantitative estimate of drug-likeness (QED) is 0.731. The summed E-state index contributed by atoms with van der Waals surface area (Å²) in [6.07, 6.45) is 3.51. The monoisotopic (exact) mass is 267 g/mol. The second-order valence-corrected chi connectivity index (χ2v) is 4.94. The summed E-state index contributed by atoms with van der Waals surface area (Å²) in [7, 11) is 0. The number of benzene rings is 1. The summed E-state index contributed by atoms with van der Waals surface area (Å²) < 4.78 is 6.66. The first-order valence-electron chi connectivity index (χ1n) is 5.67. The van der Waals surface area contributed by atoms with Gasteiger partial charge < -0.3 is 4.74 Å². The van der Waals surface area contributed by atoms with E-state index in [9.17, 15) is 0 Å². The molecule has 19 heavy (non-hydrogen) atoms. The number of hydrogen-bond acceptors (Lipinski definition) is 5. The van der Waals surface area contributed by atoms with Gasteiger partial charge in [0.25, 0.3) is 0 Å². The summed E-state index contributed by atoms with van der Waals surface area (Å²) in [6.45, 7) is 0.475. The summed E-state index contributed by atoms with van der Waals surface area (Å²) in [5.41, 5.74) is 1.85. The maximum Gasteiger partial charge on any atom is 0.195 e. The van der Waals surface area contributed by atoms with Gasteiger partial charge in [-0.15, -0.1) is 11.3 Å². The van der Waals surface area contributed by atoms with E-state index in [0.717, 1.165) is 21.5 Å². The number of hydrogen-bond donors (Lipinski definition) is 0. The van der Waals surface area contributed by atoms with Crippen LogP contribution in [-0.2, 0) is 6.61 Å². The summed E-state index contributed by atoms with van der Waals surface area (Å²) >= 11 is 1.37. The Kier molecular flexibility index (Phi) is 3.09. The molecule has 0 unspecified atom stereocenters. The normalized spacial score (nSPS) is 10.3. The van der Waals surface area contributed by atoms with E-state index in [2.05, 4.69) is 16.0 Å². The van der Waals surface area contributed by atoms with Crippen LogP contribution in [0.1, 0.15) is 10.6 Å². The first kappa shape index (κ1) is 11.6. The molecule has 0 spiro atoms. The SMILES string of the molecule is N#Cc1nc2ccc(OCc3cccnc3)cc2s1. The van der Waals surface area contributed by atoms with Crippen LogP contribution >= 0.6 is 11.3 Å². The number of rotatable bonds is 3. The molecule has 2 aromatic heterocycles. The van der Waals surface area contributed by atoms with Crippen LogP contribution in [0.3, 0.4) is 0 Å². The van der Waals surface area contributed by atoms with Crippen LogP contribution in [0.5, 0.6) is 5.75 Å². The molecule has 0 saturated heterocycles. The van der Waals surface area contributed by atoms with Gasteiger partial charge in [0.15, 0.2) is 5.01 Å². The van der Waals surface area contributed by atoms with E-state index < -0.39 is 0 Å². The molecule has 0 radical (unpaired) electrons. The molecule has 0 bridgehead atoms. The van der Waals surface area contributed by atoms with Crippen LogP contribution in [-0.4, -0.2) is 9.97 Å². The molecular weight excluding hydrogens is 258 g/mol. The molecule has 0 saturated carbocycles. The zero-order valence-corrected chi connectivity index (χ0v) is 10.7. The Hall–Kier alpha value is -2.45. The molecule has 0 aliphatic heterocycles. The smallest absolute Gasteiger partial charge is 0.195 e. The molecule has 4 nitrogen and oxygen atoms in total. The van der Waals surface area contributed by atoms with Crippen LogP contribution < -0.4 is 4.74 Å². The third kappa shape index (κ3) is 2.54. The zero-order valence-electron chi connectivity index (χ0n) is 9.91. The van der Waals surface area contributed by atoms with Crippen molar-refractivity contribution in [2.75, 3.05) is 0 Å². The molecule has 0 atom stereocenters.